The summed E-state index contributed by atoms with van der Waals surface area (Å²) in [4.78, 5) is 0. The molecule has 0 amide bonds. The number of hydrogen-bond donors (Lipinski definition) is 1. The minimum Gasteiger partial charge on any atom is -0.384 e. The van der Waals surface area contributed by atoms with Gasteiger partial charge in [0.05, 0.1) is 11.3 Å². The van der Waals surface area contributed by atoms with Crippen molar-refractivity contribution in [3.05, 3.63) is 28.2 Å². The highest BCUT2D eigenvalue weighted by molar-refractivity contribution is 9.10. The van der Waals surface area contributed by atoms with E-state index in [1.54, 1.807) is 0 Å². The van der Waals surface area contributed by atoms with E-state index in [9.17, 15) is 0 Å². The van der Waals surface area contributed by atoms with Crippen LogP contribution in [0.3, 0.4) is 0 Å². The van der Waals surface area contributed by atoms with Gasteiger partial charge in [0.1, 0.15) is 6.07 Å². The van der Waals surface area contributed by atoms with E-state index in [-0.39, 0.29) is 0 Å². The molecule has 0 radical (unpaired) electrons. The smallest absolute Gasteiger partial charge is 0.101 e. The predicted molar refractivity (Wildman–Crippen MR) is 78.4 cm³/mol. The Morgan fingerprint density at radius 1 is 1.28 bits per heavy atom. The molecule has 1 fully saturated rings. The fourth-order valence-corrected chi connectivity index (χ4v) is 3.18. The van der Waals surface area contributed by atoms with Gasteiger partial charge >= 0.3 is 0 Å². The van der Waals surface area contributed by atoms with Crippen LogP contribution < -0.4 is 5.32 Å². The summed E-state index contributed by atoms with van der Waals surface area (Å²) >= 11 is 3.39. The van der Waals surface area contributed by atoms with Gasteiger partial charge in [-0.2, -0.15) is 5.26 Å². The summed E-state index contributed by atoms with van der Waals surface area (Å²) in [5.74, 6) is 0.653. The van der Waals surface area contributed by atoms with Gasteiger partial charge in [0.25, 0.3) is 0 Å². The number of rotatable bonds is 3. The summed E-state index contributed by atoms with van der Waals surface area (Å²) in [7, 11) is 0. The van der Waals surface area contributed by atoms with Gasteiger partial charge in [-0.25, -0.2) is 0 Å². The lowest BCUT2D eigenvalue weighted by Gasteiger charge is -2.09. The first-order chi connectivity index (χ1) is 8.30. The number of nitriles is 1. The van der Waals surface area contributed by atoms with E-state index < -0.39 is 0 Å². The van der Waals surface area contributed by atoms with Crippen LogP contribution in [-0.4, -0.2) is 6.54 Å². The third kappa shape index (κ3) is 2.03. The van der Waals surface area contributed by atoms with E-state index in [1.165, 1.54) is 0 Å². The molecule has 1 aliphatic rings. The molecular formula is C15H19BrN2. The molecule has 1 aromatic carbocycles. The molecule has 0 aromatic heterocycles. The second kappa shape index (κ2) is 4.28. The molecule has 0 bridgehead atoms. The average Bonchev–Trinajstić information content (AvgIpc) is 2.68. The normalized spacial score (nSPS) is 20.2. The number of halogens is 1. The zero-order valence-corrected chi connectivity index (χ0v) is 12.9. The minimum atomic E-state index is 0.377. The number of hydrogen-bond acceptors (Lipinski definition) is 2. The first-order valence-electron chi connectivity index (χ1n) is 6.24. The van der Waals surface area contributed by atoms with Crippen LogP contribution in [0.1, 0.15) is 33.3 Å². The van der Waals surface area contributed by atoms with Crippen LogP contribution in [0, 0.1) is 28.1 Å². The summed E-state index contributed by atoms with van der Waals surface area (Å²) < 4.78 is 0.941. The number of benzene rings is 1. The molecule has 0 saturated heterocycles. The lowest BCUT2D eigenvalue weighted by molar-refractivity contribution is 0.457. The molecule has 2 rings (SSSR count). The van der Waals surface area contributed by atoms with Crippen molar-refractivity contribution in [1.82, 2.24) is 0 Å². The Balaban J connectivity index is 2.07. The van der Waals surface area contributed by atoms with Crippen molar-refractivity contribution in [2.75, 3.05) is 11.9 Å². The molecule has 96 valence electrons. The average molecular weight is 307 g/mol. The van der Waals surface area contributed by atoms with Crippen molar-refractivity contribution in [2.45, 2.75) is 27.7 Å². The summed E-state index contributed by atoms with van der Waals surface area (Å²) in [6, 6.07) is 8.01. The second-order valence-electron chi connectivity index (χ2n) is 6.18. The fraction of sp³-hybridized carbons (Fsp3) is 0.533. The Kier molecular flexibility index (Phi) is 3.19. The van der Waals surface area contributed by atoms with Gasteiger partial charge in [0.2, 0.25) is 0 Å². The van der Waals surface area contributed by atoms with Crippen LogP contribution in [0.15, 0.2) is 22.7 Å². The van der Waals surface area contributed by atoms with Crippen molar-refractivity contribution in [2.24, 2.45) is 16.7 Å². The van der Waals surface area contributed by atoms with E-state index in [2.05, 4.69) is 55.0 Å². The highest BCUT2D eigenvalue weighted by Crippen LogP contribution is 2.68. The molecule has 0 atom stereocenters. The highest BCUT2D eigenvalue weighted by atomic mass is 79.9. The van der Waals surface area contributed by atoms with Crippen molar-refractivity contribution in [1.29, 1.82) is 5.26 Å². The Hall–Kier alpha value is -1.01. The zero-order chi connectivity index (χ0) is 13.6. The SMILES string of the molecule is CC1(C)C(CNc2ccc(Br)cc2C#N)C1(C)C. The topological polar surface area (TPSA) is 35.8 Å². The molecule has 0 aliphatic heterocycles. The lowest BCUT2D eigenvalue weighted by atomic mass is 10.0. The summed E-state index contributed by atoms with van der Waals surface area (Å²) in [6.07, 6.45) is 0. The Labute approximate surface area is 118 Å². The number of nitrogens with one attached hydrogen (secondary N) is 1. The molecular weight excluding hydrogens is 288 g/mol. The molecule has 1 aromatic rings. The maximum absolute atomic E-state index is 9.12. The van der Waals surface area contributed by atoms with Crippen molar-refractivity contribution in [3.63, 3.8) is 0 Å². The first-order valence-corrected chi connectivity index (χ1v) is 7.03. The van der Waals surface area contributed by atoms with E-state index >= 15 is 0 Å². The van der Waals surface area contributed by atoms with Gasteiger partial charge in [-0.3, -0.25) is 0 Å². The third-order valence-corrected chi connectivity index (χ3v) is 5.41. The molecule has 2 nitrogen and oxygen atoms in total. The van der Waals surface area contributed by atoms with E-state index in [1.807, 2.05) is 18.2 Å². The minimum absolute atomic E-state index is 0.377. The van der Waals surface area contributed by atoms with Gasteiger partial charge in [0, 0.05) is 11.0 Å². The van der Waals surface area contributed by atoms with Crippen molar-refractivity contribution >= 4 is 21.6 Å². The van der Waals surface area contributed by atoms with Gasteiger partial charge in [-0.15, -0.1) is 0 Å². The maximum Gasteiger partial charge on any atom is 0.101 e. The molecule has 1 N–H and O–H groups in total. The standard InChI is InChI=1S/C15H19BrN2/c1-14(2)13(15(14,3)4)9-18-12-6-5-11(16)7-10(12)8-17/h5-7,13,18H,9H2,1-4H3. The lowest BCUT2D eigenvalue weighted by Crippen LogP contribution is -2.09. The molecule has 0 spiro atoms. The quantitative estimate of drug-likeness (QED) is 0.897. The summed E-state index contributed by atoms with van der Waals surface area (Å²) in [6.45, 7) is 10.2. The molecule has 18 heavy (non-hydrogen) atoms. The maximum atomic E-state index is 9.12. The van der Waals surface area contributed by atoms with E-state index in [0.29, 0.717) is 22.3 Å². The van der Waals surface area contributed by atoms with E-state index in [0.717, 1.165) is 16.7 Å². The largest absolute Gasteiger partial charge is 0.384 e. The van der Waals surface area contributed by atoms with Crippen LogP contribution >= 0.6 is 15.9 Å². The van der Waals surface area contributed by atoms with Crippen LogP contribution in [0.25, 0.3) is 0 Å². The van der Waals surface area contributed by atoms with Crippen molar-refractivity contribution < 1.29 is 0 Å². The van der Waals surface area contributed by atoms with E-state index in [4.69, 9.17) is 5.26 Å². The van der Waals surface area contributed by atoms with Gasteiger partial charge < -0.3 is 5.32 Å². The van der Waals surface area contributed by atoms with Crippen LogP contribution in [0.2, 0.25) is 0 Å². The van der Waals surface area contributed by atoms with Gasteiger partial charge in [-0.05, 0) is 34.9 Å². The molecule has 0 heterocycles. The zero-order valence-electron chi connectivity index (χ0n) is 11.3. The summed E-state index contributed by atoms with van der Waals surface area (Å²) in [5.41, 5.74) is 2.38. The fourth-order valence-electron chi connectivity index (χ4n) is 2.82. The monoisotopic (exact) mass is 306 g/mol. The summed E-state index contributed by atoms with van der Waals surface area (Å²) in [5, 5.41) is 12.5. The Bertz CT molecular complexity index is 498. The Morgan fingerprint density at radius 3 is 2.39 bits per heavy atom. The third-order valence-electron chi connectivity index (χ3n) is 4.92. The predicted octanol–water partition coefficient (Wildman–Crippen LogP) is 4.41. The van der Waals surface area contributed by atoms with Gasteiger partial charge in [0.15, 0.2) is 0 Å². The molecule has 0 unspecified atom stereocenters. The van der Waals surface area contributed by atoms with Crippen LogP contribution in [-0.2, 0) is 0 Å². The first kappa shape index (κ1) is 13.4. The van der Waals surface area contributed by atoms with Crippen LogP contribution in [0.5, 0.6) is 0 Å². The molecule has 1 aliphatic carbocycles. The molecule has 3 heteroatoms. The molecule has 1 saturated carbocycles. The number of nitrogens with zero attached hydrogens (tertiary/aromatic N) is 1. The second-order valence-corrected chi connectivity index (χ2v) is 7.09. The van der Waals surface area contributed by atoms with Crippen molar-refractivity contribution in [3.8, 4) is 6.07 Å². The number of anilines is 1. The van der Waals surface area contributed by atoms with Gasteiger partial charge in [-0.1, -0.05) is 43.6 Å². The Morgan fingerprint density at radius 2 is 1.89 bits per heavy atom. The highest BCUT2D eigenvalue weighted by Gasteiger charge is 2.64. The van der Waals surface area contributed by atoms with Crippen LogP contribution in [0.4, 0.5) is 5.69 Å².